The molecule has 0 radical (unpaired) electrons. The minimum absolute atomic E-state index is 0.279. The standard InChI is InChI=1S/C14H19N3O2S2/c1-11-4-5-12(7-15-2)6-14(11)21(18,19)17(3)8-13-9-20-10-16-13/h4-6,9-10,15H,7-8H2,1-3H3. The lowest BCUT2D eigenvalue weighted by Crippen LogP contribution is -2.27. The van der Waals surface area contributed by atoms with E-state index in [2.05, 4.69) is 10.3 Å². The zero-order chi connectivity index (χ0) is 15.5. The molecule has 0 saturated heterocycles. The third-order valence-electron chi connectivity index (χ3n) is 3.19. The van der Waals surface area contributed by atoms with E-state index in [1.807, 2.05) is 31.5 Å². The van der Waals surface area contributed by atoms with Crippen LogP contribution in [0.25, 0.3) is 0 Å². The van der Waals surface area contributed by atoms with Crippen molar-refractivity contribution >= 4 is 21.4 Å². The fourth-order valence-electron chi connectivity index (χ4n) is 2.03. The van der Waals surface area contributed by atoms with E-state index in [1.165, 1.54) is 15.6 Å². The van der Waals surface area contributed by atoms with E-state index >= 15 is 0 Å². The van der Waals surface area contributed by atoms with Gasteiger partial charge in [-0.2, -0.15) is 4.31 Å². The summed E-state index contributed by atoms with van der Waals surface area (Å²) in [5.41, 5.74) is 4.16. The summed E-state index contributed by atoms with van der Waals surface area (Å²) in [6, 6.07) is 5.51. The van der Waals surface area contributed by atoms with Crippen molar-refractivity contribution in [2.45, 2.75) is 24.9 Å². The maximum absolute atomic E-state index is 12.7. The average molecular weight is 325 g/mol. The zero-order valence-corrected chi connectivity index (χ0v) is 14.0. The summed E-state index contributed by atoms with van der Waals surface area (Å²) in [4.78, 5) is 4.49. The van der Waals surface area contributed by atoms with Gasteiger partial charge in [0.15, 0.2) is 0 Å². The summed E-state index contributed by atoms with van der Waals surface area (Å²) in [7, 11) is -0.0985. The van der Waals surface area contributed by atoms with Gasteiger partial charge in [0.25, 0.3) is 0 Å². The third kappa shape index (κ3) is 3.68. The molecule has 0 unspecified atom stereocenters. The Morgan fingerprint density at radius 2 is 2.14 bits per heavy atom. The molecule has 0 bridgehead atoms. The Balaban J connectivity index is 2.31. The second kappa shape index (κ2) is 6.65. The van der Waals surface area contributed by atoms with Crippen molar-refractivity contribution in [3.8, 4) is 0 Å². The van der Waals surface area contributed by atoms with Gasteiger partial charge in [0, 0.05) is 19.0 Å². The van der Waals surface area contributed by atoms with Crippen LogP contribution >= 0.6 is 11.3 Å². The molecule has 1 aromatic heterocycles. The first-order valence-electron chi connectivity index (χ1n) is 6.52. The number of benzene rings is 1. The van der Waals surface area contributed by atoms with E-state index in [4.69, 9.17) is 0 Å². The normalized spacial score (nSPS) is 12.0. The van der Waals surface area contributed by atoms with Crippen molar-refractivity contribution in [1.29, 1.82) is 0 Å². The number of aromatic nitrogens is 1. The first-order valence-corrected chi connectivity index (χ1v) is 8.91. The van der Waals surface area contributed by atoms with E-state index in [0.717, 1.165) is 16.8 Å². The molecule has 7 heteroatoms. The fourth-order valence-corrected chi connectivity index (χ4v) is 4.00. The van der Waals surface area contributed by atoms with E-state index in [9.17, 15) is 8.42 Å². The van der Waals surface area contributed by atoms with Gasteiger partial charge in [0.05, 0.1) is 22.6 Å². The number of hydrogen-bond donors (Lipinski definition) is 1. The predicted molar refractivity (Wildman–Crippen MR) is 84.7 cm³/mol. The zero-order valence-electron chi connectivity index (χ0n) is 12.3. The maximum Gasteiger partial charge on any atom is 0.243 e. The maximum atomic E-state index is 12.7. The summed E-state index contributed by atoms with van der Waals surface area (Å²) in [5, 5.41) is 4.89. The van der Waals surface area contributed by atoms with Gasteiger partial charge in [-0.3, -0.25) is 0 Å². The van der Waals surface area contributed by atoms with Crippen molar-refractivity contribution < 1.29 is 8.42 Å². The van der Waals surface area contributed by atoms with Crippen LogP contribution in [0.15, 0.2) is 34.0 Å². The van der Waals surface area contributed by atoms with Crippen LogP contribution in [0.5, 0.6) is 0 Å². The largest absolute Gasteiger partial charge is 0.316 e. The average Bonchev–Trinajstić information content (AvgIpc) is 2.94. The van der Waals surface area contributed by atoms with Crippen LogP contribution in [0.2, 0.25) is 0 Å². The molecule has 0 saturated carbocycles. The Labute approximate surface area is 129 Å². The molecule has 5 nitrogen and oxygen atoms in total. The van der Waals surface area contributed by atoms with Crippen LogP contribution in [0.3, 0.4) is 0 Å². The molecule has 1 heterocycles. The van der Waals surface area contributed by atoms with Crippen LogP contribution in [-0.2, 0) is 23.1 Å². The number of nitrogens with zero attached hydrogens (tertiary/aromatic N) is 2. The van der Waals surface area contributed by atoms with Gasteiger partial charge in [0.2, 0.25) is 10.0 Å². The molecule has 0 spiro atoms. The second-order valence-electron chi connectivity index (χ2n) is 4.87. The first-order chi connectivity index (χ1) is 9.95. The molecule has 0 atom stereocenters. The van der Waals surface area contributed by atoms with E-state index in [1.54, 1.807) is 18.6 Å². The lowest BCUT2D eigenvalue weighted by atomic mass is 10.1. The number of sulfonamides is 1. The molecule has 0 aliphatic rings. The Morgan fingerprint density at radius 3 is 2.76 bits per heavy atom. The fraction of sp³-hybridized carbons (Fsp3) is 0.357. The molecule has 2 aromatic rings. The number of nitrogens with one attached hydrogen (secondary N) is 1. The number of hydrogen-bond acceptors (Lipinski definition) is 5. The number of rotatable bonds is 6. The minimum Gasteiger partial charge on any atom is -0.316 e. The highest BCUT2D eigenvalue weighted by Gasteiger charge is 2.23. The van der Waals surface area contributed by atoms with Gasteiger partial charge in [-0.1, -0.05) is 12.1 Å². The van der Waals surface area contributed by atoms with Crippen molar-refractivity contribution in [3.05, 3.63) is 45.9 Å². The summed E-state index contributed by atoms with van der Waals surface area (Å²) in [6.45, 7) is 2.73. The van der Waals surface area contributed by atoms with Crippen molar-refractivity contribution in [3.63, 3.8) is 0 Å². The van der Waals surface area contributed by atoms with Crippen LogP contribution in [-0.4, -0.2) is 31.8 Å². The van der Waals surface area contributed by atoms with E-state index in [0.29, 0.717) is 11.4 Å². The highest BCUT2D eigenvalue weighted by atomic mass is 32.2. The minimum atomic E-state index is -3.52. The summed E-state index contributed by atoms with van der Waals surface area (Å²) in [6.07, 6.45) is 0. The topological polar surface area (TPSA) is 62.3 Å². The lowest BCUT2D eigenvalue weighted by Gasteiger charge is -2.18. The lowest BCUT2D eigenvalue weighted by molar-refractivity contribution is 0.462. The molecule has 2 rings (SSSR count). The highest BCUT2D eigenvalue weighted by Crippen LogP contribution is 2.22. The predicted octanol–water partition coefficient (Wildman–Crippen LogP) is 1.99. The van der Waals surface area contributed by atoms with Crippen LogP contribution in [0.4, 0.5) is 0 Å². The van der Waals surface area contributed by atoms with Crippen molar-refractivity contribution in [2.24, 2.45) is 0 Å². The Kier molecular flexibility index (Phi) is 5.10. The smallest absolute Gasteiger partial charge is 0.243 e. The molecular weight excluding hydrogens is 306 g/mol. The second-order valence-corrected chi connectivity index (χ2v) is 7.60. The van der Waals surface area contributed by atoms with E-state index in [-0.39, 0.29) is 6.54 Å². The van der Waals surface area contributed by atoms with Gasteiger partial charge >= 0.3 is 0 Å². The van der Waals surface area contributed by atoms with Gasteiger partial charge in [-0.25, -0.2) is 13.4 Å². The molecule has 0 amide bonds. The van der Waals surface area contributed by atoms with Crippen LogP contribution in [0.1, 0.15) is 16.8 Å². The van der Waals surface area contributed by atoms with Gasteiger partial charge < -0.3 is 5.32 Å². The molecule has 0 fully saturated rings. The molecule has 0 aliphatic heterocycles. The Hall–Kier alpha value is -1.28. The van der Waals surface area contributed by atoms with Crippen molar-refractivity contribution in [1.82, 2.24) is 14.6 Å². The molecule has 0 aliphatic carbocycles. The van der Waals surface area contributed by atoms with Crippen LogP contribution < -0.4 is 5.32 Å². The molecule has 1 aromatic carbocycles. The first kappa shape index (κ1) is 16.1. The van der Waals surface area contributed by atoms with Crippen molar-refractivity contribution in [2.75, 3.05) is 14.1 Å². The third-order valence-corrected chi connectivity index (χ3v) is 5.77. The molecular formula is C14H19N3O2S2. The summed E-state index contributed by atoms with van der Waals surface area (Å²) >= 11 is 1.46. The monoisotopic (exact) mass is 325 g/mol. The molecule has 1 N–H and O–H groups in total. The Morgan fingerprint density at radius 1 is 1.38 bits per heavy atom. The van der Waals surface area contributed by atoms with Gasteiger partial charge in [0.1, 0.15) is 0 Å². The number of aryl methyl sites for hydroxylation is 1. The molecule has 114 valence electrons. The highest BCUT2D eigenvalue weighted by molar-refractivity contribution is 7.89. The Bertz CT molecular complexity index is 697. The van der Waals surface area contributed by atoms with Crippen LogP contribution in [0, 0.1) is 6.92 Å². The SMILES string of the molecule is CNCc1ccc(C)c(S(=O)(=O)N(C)Cc2cscn2)c1. The quantitative estimate of drug-likeness (QED) is 0.882. The number of thiazole rings is 1. The van der Waals surface area contributed by atoms with E-state index < -0.39 is 10.0 Å². The summed E-state index contributed by atoms with van der Waals surface area (Å²) in [5.74, 6) is 0. The van der Waals surface area contributed by atoms with Gasteiger partial charge in [-0.15, -0.1) is 11.3 Å². The molecule has 21 heavy (non-hydrogen) atoms. The van der Waals surface area contributed by atoms with Gasteiger partial charge in [-0.05, 0) is 31.2 Å². The summed E-state index contributed by atoms with van der Waals surface area (Å²) < 4.78 is 26.8.